The SMILES string of the molecule is COc1cccc(-c2nnc(NS(=O)(=O)[C@H](C)[C@H](OC)c3ncc(C)cn3)n2-c2c(OC)cccc2OC)n1. The van der Waals surface area contributed by atoms with Crippen molar-refractivity contribution in [2.75, 3.05) is 33.2 Å². The van der Waals surface area contributed by atoms with Gasteiger partial charge in [0.15, 0.2) is 11.6 Å². The number of para-hydroxylation sites is 1. The fraction of sp³-hybridized carbons (Fsp3) is 0.320. The van der Waals surface area contributed by atoms with E-state index in [4.69, 9.17) is 18.9 Å². The lowest BCUT2D eigenvalue weighted by atomic mass is 10.2. The van der Waals surface area contributed by atoms with E-state index < -0.39 is 21.4 Å². The molecule has 3 heterocycles. The summed E-state index contributed by atoms with van der Waals surface area (Å²) in [7, 11) is 1.73. The normalized spacial score (nSPS) is 13.0. The lowest BCUT2D eigenvalue weighted by Gasteiger charge is -2.23. The minimum Gasteiger partial charge on any atom is -0.494 e. The minimum absolute atomic E-state index is 0.121. The van der Waals surface area contributed by atoms with E-state index in [1.54, 1.807) is 48.8 Å². The fourth-order valence-electron chi connectivity index (χ4n) is 3.87. The molecule has 2 atom stereocenters. The maximum Gasteiger partial charge on any atom is 0.243 e. The van der Waals surface area contributed by atoms with Crippen molar-refractivity contribution in [3.05, 3.63) is 60.2 Å². The van der Waals surface area contributed by atoms with E-state index in [1.165, 1.54) is 39.9 Å². The van der Waals surface area contributed by atoms with Crippen LogP contribution in [0.2, 0.25) is 0 Å². The molecule has 0 saturated carbocycles. The van der Waals surface area contributed by atoms with Crippen LogP contribution in [0.1, 0.15) is 24.4 Å². The van der Waals surface area contributed by atoms with Gasteiger partial charge in [-0.25, -0.2) is 23.4 Å². The molecule has 0 aliphatic heterocycles. The molecule has 0 unspecified atom stereocenters. The number of hydrogen-bond acceptors (Lipinski definition) is 11. The topological polar surface area (TPSA) is 152 Å². The van der Waals surface area contributed by atoms with Gasteiger partial charge in [-0.1, -0.05) is 12.1 Å². The second-order valence-corrected chi connectivity index (χ2v) is 10.4. The van der Waals surface area contributed by atoms with Gasteiger partial charge in [-0.15, -0.1) is 10.2 Å². The number of hydrogen-bond donors (Lipinski definition) is 1. The number of sulfonamides is 1. The Labute approximate surface area is 226 Å². The van der Waals surface area contributed by atoms with Crippen molar-refractivity contribution in [2.24, 2.45) is 0 Å². The Hall–Kier alpha value is -4.30. The molecule has 4 aromatic rings. The Bertz CT molecular complexity index is 1520. The van der Waals surface area contributed by atoms with E-state index >= 15 is 0 Å². The Morgan fingerprint density at radius 2 is 1.54 bits per heavy atom. The van der Waals surface area contributed by atoms with Crippen LogP contribution < -0.4 is 18.9 Å². The van der Waals surface area contributed by atoms with Crippen LogP contribution in [0.5, 0.6) is 17.4 Å². The Kier molecular flexibility index (Phi) is 8.26. The number of nitrogens with zero attached hydrogens (tertiary/aromatic N) is 6. The highest BCUT2D eigenvalue weighted by molar-refractivity contribution is 7.93. The molecule has 0 fully saturated rings. The second-order valence-electron chi connectivity index (χ2n) is 8.39. The number of aryl methyl sites for hydroxylation is 1. The summed E-state index contributed by atoms with van der Waals surface area (Å²) in [6, 6.07) is 10.3. The first-order valence-corrected chi connectivity index (χ1v) is 13.3. The van der Waals surface area contributed by atoms with Crippen LogP contribution in [-0.4, -0.2) is 71.8 Å². The van der Waals surface area contributed by atoms with Crippen LogP contribution >= 0.6 is 0 Å². The molecular formula is C25H29N7O6S. The summed E-state index contributed by atoms with van der Waals surface area (Å²) in [6.07, 6.45) is 2.23. The number of ether oxygens (including phenoxy) is 4. The average molecular weight is 556 g/mol. The maximum absolute atomic E-state index is 13.7. The molecule has 0 radical (unpaired) electrons. The molecule has 0 spiro atoms. The summed E-state index contributed by atoms with van der Waals surface area (Å²) >= 11 is 0. The summed E-state index contributed by atoms with van der Waals surface area (Å²) in [4.78, 5) is 12.9. The molecule has 13 nitrogen and oxygen atoms in total. The monoisotopic (exact) mass is 555 g/mol. The first-order chi connectivity index (χ1) is 18.7. The van der Waals surface area contributed by atoms with Gasteiger partial charge in [-0.3, -0.25) is 9.29 Å². The summed E-state index contributed by atoms with van der Waals surface area (Å²) in [5, 5.41) is 7.32. The number of methoxy groups -OCH3 is 4. The van der Waals surface area contributed by atoms with Crippen molar-refractivity contribution in [3.63, 3.8) is 0 Å². The minimum atomic E-state index is -4.14. The van der Waals surface area contributed by atoms with Crippen LogP contribution in [0, 0.1) is 6.92 Å². The number of rotatable bonds is 11. The average Bonchev–Trinajstić information content (AvgIpc) is 3.35. The lowest BCUT2D eigenvalue weighted by Crippen LogP contribution is -2.33. The van der Waals surface area contributed by atoms with Crippen molar-refractivity contribution in [2.45, 2.75) is 25.2 Å². The van der Waals surface area contributed by atoms with E-state index in [2.05, 4.69) is 29.9 Å². The van der Waals surface area contributed by atoms with Gasteiger partial charge < -0.3 is 18.9 Å². The van der Waals surface area contributed by atoms with Crippen molar-refractivity contribution in [3.8, 4) is 34.6 Å². The Morgan fingerprint density at radius 1 is 0.897 bits per heavy atom. The highest BCUT2D eigenvalue weighted by Gasteiger charge is 2.35. The zero-order chi connectivity index (χ0) is 28.2. The van der Waals surface area contributed by atoms with E-state index in [9.17, 15) is 8.42 Å². The van der Waals surface area contributed by atoms with Crippen molar-refractivity contribution >= 4 is 16.0 Å². The van der Waals surface area contributed by atoms with E-state index in [1.807, 2.05) is 6.92 Å². The van der Waals surface area contributed by atoms with Gasteiger partial charge in [0, 0.05) is 25.6 Å². The van der Waals surface area contributed by atoms with Crippen molar-refractivity contribution < 1.29 is 27.4 Å². The quantitative estimate of drug-likeness (QED) is 0.291. The van der Waals surface area contributed by atoms with Crippen molar-refractivity contribution in [1.29, 1.82) is 0 Å². The highest BCUT2D eigenvalue weighted by atomic mass is 32.2. The third-order valence-electron chi connectivity index (χ3n) is 5.91. The fourth-order valence-corrected chi connectivity index (χ4v) is 5.00. The van der Waals surface area contributed by atoms with Gasteiger partial charge in [0.25, 0.3) is 0 Å². The first kappa shape index (κ1) is 27.7. The second kappa shape index (κ2) is 11.6. The Balaban J connectivity index is 1.85. The molecule has 4 rings (SSSR count). The lowest BCUT2D eigenvalue weighted by molar-refractivity contribution is 0.0949. The summed E-state index contributed by atoms with van der Waals surface area (Å²) < 4.78 is 53.3. The largest absolute Gasteiger partial charge is 0.494 e. The van der Waals surface area contributed by atoms with E-state index in [-0.39, 0.29) is 17.6 Å². The van der Waals surface area contributed by atoms with Gasteiger partial charge in [0.1, 0.15) is 34.2 Å². The van der Waals surface area contributed by atoms with Crippen LogP contribution in [0.25, 0.3) is 17.2 Å². The number of aromatic nitrogens is 6. The molecule has 0 saturated heterocycles. The van der Waals surface area contributed by atoms with E-state index in [0.717, 1.165) is 5.56 Å². The molecule has 14 heteroatoms. The summed E-state index contributed by atoms with van der Waals surface area (Å²) in [5.41, 5.74) is 1.57. The molecule has 0 amide bonds. The zero-order valence-corrected chi connectivity index (χ0v) is 23.1. The molecule has 3 aromatic heterocycles. The van der Waals surface area contributed by atoms with Crippen LogP contribution in [-0.2, 0) is 14.8 Å². The molecule has 1 N–H and O–H groups in total. The zero-order valence-electron chi connectivity index (χ0n) is 22.3. The van der Waals surface area contributed by atoms with Crippen LogP contribution in [0.15, 0.2) is 48.8 Å². The van der Waals surface area contributed by atoms with Gasteiger partial charge in [-0.05, 0) is 37.6 Å². The standard InChI is InChI=1S/C25H29N7O6S/c1-15-13-26-23(27-14-15)22(38-6)16(2)39(33,34)31-25-30-29-24(17-9-7-12-20(28-17)37-5)32(25)21-18(35-3)10-8-11-19(21)36-4/h7-14,16,22H,1-6H3,(H,30,31)/t16-,22+/m1/s1. The number of pyridine rings is 1. The smallest absolute Gasteiger partial charge is 0.243 e. The molecule has 0 aliphatic rings. The highest BCUT2D eigenvalue weighted by Crippen LogP contribution is 2.38. The predicted octanol–water partition coefficient (Wildman–Crippen LogP) is 2.97. The summed E-state index contributed by atoms with van der Waals surface area (Å²) in [6.45, 7) is 3.33. The molecule has 0 aliphatic carbocycles. The van der Waals surface area contributed by atoms with Gasteiger partial charge in [0.05, 0.1) is 21.3 Å². The van der Waals surface area contributed by atoms with Crippen LogP contribution in [0.3, 0.4) is 0 Å². The van der Waals surface area contributed by atoms with Gasteiger partial charge in [-0.2, -0.15) is 0 Å². The van der Waals surface area contributed by atoms with Gasteiger partial charge in [0.2, 0.25) is 21.9 Å². The van der Waals surface area contributed by atoms with Crippen LogP contribution in [0.4, 0.5) is 5.95 Å². The van der Waals surface area contributed by atoms with Gasteiger partial charge >= 0.3 is 0 Å². The molecule has 1 aromatic carbocycles. The maximum atomic E-state index is 13.7. The van der Waals surface area contributed by atoms with Crippen molar-refractivity contribution in [1.82, 2.24) is 29.7 Å². The summed E-state index contributed by atoms with van der Waals surface area (Å²) in [5.74, 6) is 1.43. The number of anilines is 1. The first-order valence-electron chi connectivity index (χ1n) is 11.7. The number of nitrogens with one attached hydrogen (secondary N) is 1. The Morgan fingerprint density at radius 3 is 2.13 bits per heavy atom. The van der Waals surface area contributed by atoms with E-state index in [0.29, 0.717) is 28.8 Å². The molecule has 39 heavy (non-hydrogen) atoms. The molecular weight excluding hydrogens is 526 g/mol. The third kappa shape index (κ3) is 5.61. The predicted molar refractivity (Wildman–Crippen MR) is 143 cm³/mol. The molecule has 206 valence electrons. The molecule has 0 bridgehead atoms. The third-order valence-corrected chi connectivity index (χ3v) is 7.60. The number of benzene rings is 1.